The summed E-state index contributed by atoms with van der Waals surface area (Å²) in [6.07, 6.45) is 2.05. The number of fused-ring (bicyclic) bond motifs is 1. The van der Waals surface area contributed by atoms with Crippen LogP contribution >= 0.6 is 0 Å². The molecular weight excluding hydrogens is 156 g/mol. The molecule has 5 nitrogen and oxygen atoms in total. The quantitative estimate of drug-likeness (QED) is 0.673. The second-order valence-electron chi connectivity index (χ2n) is 2.38. The molecule has 12 heavy (non-hydrogen) atoms. The van der Waals surface area contributed by atoms with Crippen molar-refractivity contribution in [3.63, 3.8) is 0 Å². The fourth-order valence-electron chi connectivity index (χ4n) is 0.987. The largest absolute Gasteiger partial charge is 0.425 e. The average Bonchev–Trinajstić information content (AvgIpc) is 2.52. The monoisotopic (exact) mass is 164 g/mol. The van der Waals surface area contributed by atoms with E-state index in [9.17, 15) is 0 Å². The number of anilines is 1. The fourth-order valence-corrected chi connectivity index (χ4v) is 0.987. The van der Waals surface area contributed by atoms with Crippen molar-refractivity contribution < 1.29 is 4.42 Å². The van der Waals surface area contributed by atoms with Crippen molar-refractivity contribution in [2.75, 3.05) is 5.73 Å². The molecule has 2 aromatic heterocycles. The first-order valence-electron chi connectivity index (χ1n) is 3.67. The Balaban J connectivity index is 2.75. The van der Waals surface area contributed by atoms with Crippen LogP contribution in [0.15, 0.2) is 10.8 Å². The van der Waals surface area contributed by atoms with E-state index >= 15 is 0 Å². The van der Waals surface area contributed by atoms with Gasteiger partial charge in [0.25, 0.3) is 5.71 Å². The molecule has 2 rings (SSSR count). The molecule has 0 bridgehead atoms. The zero-order valence-electron chi connectivity index (χ0n) is 6.61. The van der Waals surface area contributed by atoms with Crippen LogP contribution in [0, 0.1) is 0 Å². The van der Waals surface area contributed by atoms with Crippen LogP contribution in [-0.4, -0.2) is 15.0 Å². The predicted molar refractivity (Wildman–Crippen MR) is 43.4 cm³/mol. The molecule has 0 aliphatic rings. The Morgan fingerprint density at radius 2 is 2.33 bits per heavy atom. The Bertz CT molecular complexity index is 409. The number of rotatable bonds is 1. The van der Waals surface area contributed by atoms with E-state index in [1.807, 2.05) is 6.92 Å². The lowest BCUT2D eigenvalue weighted by Crippen LogP contribution is -1.98. The minimum absolute atomic E-state index is 0.380. The van der Waals surface area contributed by atoms with Crippen molar-refractivity contribution in [3.8, 4) is 0 Å². The van der Waals surface area contributed by atoms with Crippen molar-refractivity contribution >= 4 is 17.0 Å². The first kappa shape index (κ1) is 7.02. The van der Waals surface area contributed by atoms with Crippen LogP contribution in [0.3, 0.4) is 0 Å². The Kier molecular flexibility index (Phi) is 1.43. The van der Waals surface area contributed by atoms with E-state index in [0.29, 0.717) is 22.9 Å². The lowest BCUT2D eigenvalue weighted by molar-refractivity contribution is 0.588. The topological polar surface area (TPSA) is 77.8 Å². The van der Waals surface area contributed by atoms with Gasteiger partial charge in [-0.3, -0.25) is 0 Å². The van der Waals surface area contributed by atoms with Gasteiger partial charge in [-0.2, -0.15) is 4.98 Å². The number of aromatic nitrogens is 3. The molecule has 5 heteroatoms. The first-order valence-corrected chi connectivity index (χ1v) is 3.67. The highest BCUT2D eigenvalue weighted by molar-refractivity contribution is 5.79. The molecule has 0 aliphatic heterocycles. The molecule has 0 aliphatic carbocycles. The normalized spacial score (nSPS) is 10.8. The van der Waals surface area contributed by atoms with Crippen molar-refractivity contribution in [2.45, 2.75) is 13.3 Å². The maximum Gasteiger partial charge on any atom is 0.252 e. The summed E-state index contributed by atoms with van der Waals surface area (Å²) < 4.78 is 5.00. The molecule has 2 N–H and O–H groups in total. The molecule has 0 amide bonds. The Hall–Kier alpha value is -1.65. The Morgan fingerprint density at radius 3 is 3.08 bits per heavy atom. The van der Waals surface area contributed by atoms with Crippen molar-refractivity contribution in [3.05, 3.63) is 12.2 Å². The summed E-state index contributed by atoms with van der Waals surface area (Å²) in [7, 11) is 0. The van der Waals surface area contributed by atoms with Gasteiger partial charge in [-0.05, 0) is 0 Å². The van der Waals surface area contributed by atoms with E-state index in [2.05, 4.69) is 15.0 Å². The first-order chi connectivity index (χ1) is 5.81. The molecule has 2 heterocycles. The van der Waals surface area contributed by atoms with Crippen LogP contribution in [0.1, 0.15) is 12.7 Å². The standard InChI is InChI=1S/C7H8N4O/c1-2-4-10-6(8)5-7(11-4)12-3-9-5/h3H,2H2,1H3,(H2,8,10,11). The van der Waals surface area contributed by atoms with Gasteiger partial charge in [0, 0.05) is 6.42 Å². The van der Waals surface area contributed by atoms with Gasteiger partial charge in [0.1, 0.15) is 5.82 Å². The molecule has 2 aromatic rings. The van der Waals surface area contributed by atoms with Crippen molar-refractivity contribution in [2.24, 2.45) is 0 Å². The third-order valence-electron chi connectivity index (χ3n) is 1.59. The highest BCUT2D eigenvalue weighted by Crippen LogP contribution is 2.14. The number of nitrogens with zero attached hydrogens (tertiary/aromatic N) is 3. The van der Waals surface area contributed by atoms with Gasteiger partial charge in [-0.15, -0.1) is 0 Å². The van der Waals surface area contributed by atoms with Crippen LogP contribution < -0.4 is 5.73 Å². The molecule has 0 saturated heterocycles. The van der Waals surface area contributed by atoms with E-state index in [1.54, 1.807) is 0 Å². The molecule has 62 valence electrons. The van der Waals surface area contributed by atoms with Gasteiger partial charge in [-0.1, -0.05) is 6.92 Å². The summed E-state index contributed by atoms with van der Waals surface area (Å²) in [6, 6.07) is 0. The number of nitrogen functional groups attached to an aromatic ring is 1. The van der Waals surface area contributed by atoms with Gasteiger partial charge in [-0.25, -0.2) is 9.97 Å². The highest BCUT2D eigenvalue weighted by Gasteiger charge is 2.06. The third-order valence-corrected chi connectivity index (χ3v) is 1.59. The second kappa shape index (κ2) is 2.44. The molecule has 0 atom stereocenters. The van der Waals surface area contributed by atoms with Crippen LogP contribution in [0.5, 0.6) is 0 Å². The lowest BCUT2D eigenvalue weighted by Gasteiger charge is -1.95. The smallest absolute Gasteiger partial charge is 0.252 e. The van der Waals surface area contributed by atoms with Crippen LogP contribution in [0.4, 0.5) is 5.82 Å². The zero-order chi connectivity index (χ0) is 8.55. The number of hydrogen-bond acceptors (Lipinski definition) is 5. The summed E-state index contributed by atoms with van der Waals surface area (Å²) in [4.78, 5) is 12.0. The zero-order valence-corrected chi connectivity index (χ0v) is 6.61. The second-order valence-corrected chi connectivity index (χ2v) is 2.38. The van der Waals surface area contributed by atoms with E-state index < -0.39 is 0 Å². The number of hydrogen-bond donors (Lipinski definition) is 1. The number of aryl methyl sites for hydroxylation is 1. The number of nitrogens with two attached hydrogens (primary N) is 1. The minimum Gasteiger partial charge on any atom is -0.425 e. The molecule has 0 fully saturated rings. The maximum atomic E-state index is 5.60. The third kappa shape index (κ3) is 0.903. The van der Waals surface area contributed by atoms with Gasteiger partial charge in [0.2, 0.25) is 0 Å². The maximum absolute atomic E-state index is 5.60. The van der Waals surface area contributed by atoms with Crippen LogP contribution in [-0.2, 0) is 6.42 Å². The average molecular weight is 164 g/mol. The molecular formula is C7H8N4O. The van der Waals surface area contributed by atoms with E-state index in [-0.39, 0.29) is 0 Å². The predicted octanol–water partition coefficient (Wildman–Crippen LogP) is 0.762. The summed E-state index contributed by atoms with van der Waals surface area (Å²) in [5.41, 5.74) is 6.60. The summed E-state index contributed by atoms with van der Waals surface area (Å²) in [5.74, 6) is 1.06. The SMILES string of the molecule is CCc1nc(N)c2ncoc2n1. The molecule has 0 aromatic carbocycles. The molecule has 0 unspecified atom stereocenters. The van der Waals surface area contributed by atoms with Gasteiger partial charge < -0.3 is 10.2 Å². The molecule has 0 saturated carbocycles. The highest BCUT2D eigenvalue weighted by atomic mass is 16.3. The van der Waals surface area contributed by atoms with Crippen LogP contribution in [0.2, 0.25) is 0 Å². The van der Waals surface area contributed by atoms with Gasteiger partial charge in [0.05, 0.1) is 0 Å². The molecule has 0 spiro atoms. The lowest BCUT2D eigenvalue weighted by atomic mass is 10.4. The Morgan fingerprint density at radius 1 is 1.50 bits per heavy atom. The van der Waals surface area contributed by atoms with E-state index in [0.717, 1.165) is 6.42 Å². The molecule has 0 radical (unpaired) electrons. The Labute approximate surface area is 68.6 Å². The fraction of sp³-hybridized carbons (Fsp3) is 0.286. The summed E-state index contributed by atoms with van der Waals surface area (Å²) >= 11 is 0. The number of oxazole rings is 1. The summed E-state index contributed by atoms with van der Waals surface area (Å²) in [6.45, 7) is 1.96. The van der Waals surface area contributed by atoms with E-state index in [1.165, 1.54) is 6.39 Å². The van der Waals surface area contributed by atoms with Gasteiger partial charge in [0.15, 0.2) is 17.7 Å². The van der Waals surface area contributed by atoms with Crippen molar-refractivity contribution in [1.82, 2.24) is 15.0 Å². The minimum atomic E-state index is 0.380. The van der Waals surface area contributed by atoms with Gasteiger partial charge >= 0.3 is 0 Å². The van der Waals surface area contributed by atoms with E-state index in [4.69, 9.17) is 10.2 Å². The summed E-state index contributed by atoms with van der Waals surface area (Å²) in [5, 5.41) is 0. The van der Waals surface area contributed by atoms with Crippen molar-refractivity contribution in [1.29, 1.82) is 0 Å². The van der Waals surface area contributed by atoms with Crippen LogP contribution in [0.25, 0.3) is 11.2 Å².